The Morgan fingerprint density at radius 3 is 2.95 bits per heavy atom. The van der Waals surface area contributed by atoms with Crippen LogP contribution in [0.15, 0.2) is 28.8 Å². The van der Waals surface area contributed by atoms with Crippen LogP contribution in [0.25, 0.3) is 0 Å². The van der Waals surface area contributed by atoms with Crippen LogP contribution in [0.2, 0.25) is 0 Å². The van der Waals surface area contributed by atoms with Gasteiger partial charge in [0.05, 0.1) is 0 Å². The third-order valence-electron chi connectivity index (χ3n) is 4.01. The zero-order chi connectivity index (χ0) is 14.7. The SMILES string of the molecule is CCNC(Cc1nc(Cc2cccc(C)c2)no1)C1CC1. The summed E-state index contributed by atoms with van der Waals surface area (Å²) in [4.78, 5) is 4.55. The molecule has 0 aliphatic heterocycles. The van der Waals surface area contributed by atoms with Gasteiger partial charge in [0.2, 0.25) is 5.89 Å². The van der Waals surface area contributed by atoms with E-state index in [2.05, 4.69) is 53.6 Å². The average molecular weight is 285 g/mol. The minimum atomic E-state index is 0.488. The lowest BCUT2D eigenvalue weighted by Gasteiger charge is -2.14. The molecule has 1 aromatic carbocycles. The lowest BCUT2D eigenvalue weighted by atomic mass is 10.1. The number of benzene rings is 1. The van der Waals surface area contributed by atoms with Crippen LogP contribution in [-0.4, -0.2) is 22.7 Å². The molecule has 1 heterocycles. The molecule has 1 saturated carbocycles. The molecule has 0 amide bonds. The number of hydrogen-bond acceptors (Lipinski definition) is 4. The normalized spacial score (nSPS) is 16.1. The van der Waals surface area contributed by atoms with E-state index in [0.29, 0.717) is 6.04 Å². The molecule has 4 heteroatoms. The Morgan fingerprint density at radius 1 is 1.38 bits per heavy atom. The summed E-state index contributed by atoms with van der Waals surface area (Å²) in [5.41, 5.74) is 2.49. The topological polar surface area (TPSA) is 51.0 Å². The van der Waals surface area contributed by atoms with Gasteiger partial charge in [0.1, 0.15) is 0 Å². The Balaban J connectivity index is 1.62. The van der Waals surface area contributed by atoms with Gasteiger partial charge in [-0.25, -0.2) is 0 Å². The van der Waals surface area contributed by atoms with E-state index < -0.39 is 0 Å². The van der Waals surface area contributed by atoms with E-state index in [-0.39, 0.29) is 0 Å². The molecule has 1 aliphatic carbocycles. The number of aromatic nitrogens is 2. The van der Waals surface area contributed by atoms with Gasteiger partial charge in [0.25, 0.3) is 0 Å². The molecule has 1 aromatic heterocycles. The first-order valence-corrected chi connectivity index (χ1v) is 7.85. The standard InChI is InChI=1S/C17H23N3O/c1-3-18-15(14-7-8-14)11-17-19-16(20-21-17)10-13-6-4-5-12(2)9-13/h4-6,9,14-15,18H,3,7-8,10-11H2,1-2H3. The summed E-state index contributed by atoms with van der Waals surface area (Å²) in [6.45, 7) is 5.24. The molecule has 0 radical (unpaired) electrons. The molecule has 1 atom stereocenters. The Labute approximate surface area is 126 Å². The summed E-state index contributed by atoms with van der Waals surface area (Å²) in [7, 11) is 0. The highest BCUT2D eigenvalue weighted by molar-refractivity contribution is 5.24. The van der Waals surface area contributed by atoms with Crippen LogP contribution in [0.3, 0.4) is 0 Å². The molecular formula is C17H23N3O. The maximum absolute atomic E-state index is 5.42. The quantitative estimate of drug-likeness (QED) is 0.850. The van der Waals surface area contributed by atoms with Crippen molar-refractivity contribution in [2.75, 3.05) is 6.54 Å². The second-order valence-electron chi connectivity index (χ2n) is 5.98. The van der Waals surface area contributed by atoms with Crippen molar-refractivity contribution in [3.63, 3.8) is 0 Å². The molecule has 2 aromatic rings. The molecule has 0 bridgehead atoms. The molecule has 0 spiro atoms. The summed E-state index contributed by atoms with van der Waals surface area (Å²) >= 11 is 0. The van der Waals surface area contributed by atoms with Gasteiger partial charge in [0.15, 0.2) is 5.82 Å². The Kier molecular flexibility index (Phi) is 4.34. The van der Waals surface area contributed by atoms with Crippen LogP contribution in [0.1, 0.15) is 42.6 Å². The lowest BCUT2D eigenvalue weighted by Crippen LogP contribution is -2.33. The number of rotatable bonds is 7. The summed E-state index contributed by atoms with van der Waals surface area (Å²) in [6, 6.07) is 8.93. The van der Waals surface area contributed by atoms with Gasteiger partial charge >= 0.3 is 0 Å². The first kappa shape index (κ1) is 14.3. The first-order valence-electron chi connectivity index (χ1n) is 7.85. The van der Waals surface area contributed by atoms with Crippen LogP contribution in [0, 0.1) is 12.8 Å². The summed E-state index contributed by atoms with van der Waals surface area (Å²) in [5.74, 6) is 2.33. The fourth-order valence-corrected chi connectivity index (χ4v) is 2.80. The van der Waals surface area contributed by atoms with E-state index in [0.717, 1.165) is 37.0 Å². The highest BCUT2D eigenvalue weighted by atomic mass is 16.5. The van der Waals surface area contributed by atoms with Gasteiger partial charge in [0, 0.05) is 18.9 Å². The fraction of sp³-hybridized carbons (Fsp3) is 0.529. The average Bonchev–Trinajstić information content (AvgIpc) is 3.21. The maximum Gasteiger partial charge on any atom is 0.228 e. The monoisotopic (exact) mass is 285 g/mol. The third kappa shape index (κ3) is 3.91. The number of aryl methyl sites for hydroxylation is 1. The summed E-state index contributed by atoms with van der Waals surface area (Å²) in [5, 5.41) is 7.65. The predicted octanol–water partition coefficient (Wildman–Crippen LogP) is 2.90. The molecule has 21 heavy (non-hydrogen) atoms. The molecule has 112 valence electrons. The van der Waals surface area contributed by atoms with Gasteiger partial charge in [-0.2, -0.15) is 4.98 Å². The van der Waals surface area contributed by atoms with Crippen molar-refractivity contribution >= 4 is 0 Å². The van der Waals surface area contributed by atoms with Gasteiger partial charge in [-0.3, -0.25) is 0 Å². The van der Waals surface area contributed by atoms with Crippen molar-refractivity contribution in [1.29, 1.82) is 0 Å². The zero-order valence-corrected chi connectivity index (χ0v) is 12.8. The van der Waals surface area contributed by atoms with Crippen molar-refractivity contribution in [2.24, 2.45) is 5.92 Å². The smallest absolute Gasteiger partial charge is 0.228 e. The fourth-order valence-electron chi connectivity index (χ4n) is 2.80. The molecule has 1 fully saturated rings. The predicted molar refractivity (Wildman–Crippen MR) is 82.2 cm³/mol. The van der Waals surface area contributed by atoms with Crippen molar-refractivity contribution in [1.82, 2.24) is 15.5 Å². The number of likely N-dealkylation sites (N-methyl/N-ethyl adjacent to an activating group) is 1. The van der Waals surface area contributed by atoms with E-state index in [1.807, 2.05) is 0 Å². The van der Waals surface area contributed by atoms with Gasteiger partial charge < -0.3 is 9.84 Å². The van der Waals surface area contributed by atoms with Gasteiger partial charge in [-0.1, -0.05) is 41.9 Å². The van der Waals surface area contributed by atoms with E-state index in [9.17, 15) is 0 Å². The third-order valence-corrected chi connectivity index (χ3v) is 4.01. The first-order chi connectivity index (χ1) is 10.2. The van der Waals surface area contributed by atoms with Crippen molar-refractivity contribution in [3.8, 4) is 0 Å². The van der Waals surface area contributed by atoms with E-state index in [1.165, 1.54) is 24.0 Å². The molecule has 1 unspecified atom stereocenters. The van der Waals surface area contributed by atoms with Crippen LogP contribution in [-0.2, 0) is 12.8 Å². The van der Waals surface area contributed by atoms with Crippen LogP contribution in [0.4, 0.5) is 0 Å². The molecule has 0 saturated heterocycles. The molecule has 4 nitrogen and oxygen atoms in total. The van der Waals surface area contributed by atoms with Crippen molar-refractivity contribution < 1.29 is 4.52 Å². The van der Waals surface area contributed by atoms with E-state index in [4.69, 9.17) is 4.52 Å². The lowest BCUT2D eigenvalue weighted by molar-refractivity contribution is 0.345. The number of nitrogens with one attached hydrogen (secondary N) is 1. The van der Waals surface area contributed by atoms with Crippen molar-refractivity contribution in [3.05, 3.63) is 47.1 Å². The van der Waals surface area contributed by atoms with Crippen molar-refractivity contribution in [2.45, 2.75) is 45.6 Å². The maximum atomic E-state index is 5.42. The van der Waals surface area contributed by atoms with Crippen LogP contribution >= 0.6 is 0 Å². The molecule has 1 N–H and O–H groups in total. The molecular weight excluding hydrogens is 262 g/mol. The molecule has 1 aliphatic rings. The van der Waals surface area contributed by atoms with E-state index >= 15 is 0 Å². The minimum absolute atomic E-state index is 0.488. The Bertz CT molecular complexity index is 589. The number of nitrogens with zero attached hydrogens (tertiary/aromatic N) is 2. The van der Waals surface area contributed by atoms with Crippen LogP contribution in [0.5, 0.6) is 0 Å². The Hall–Kier alpha value is -1.68. The van der Waals surface area contributed by atoms with E-state index in [1.54, 1.807) is 0 Å². The zero-order valence-electron chi connectivity index (χ0n) is 12.8. The largest absolute Gasteiger partial charge is 0.339 e. The second kappa shape index (κ2) is 6.39. The minimum Gasteiger partial charge on any atom is -0.339 e. The van der Waals surface area contributed by atoms with Gasteiger partial charge in [-0.05, 0) is 37.8 Å². The summed E-state index contributed by atoms with van der Waals surface area (Å²) < 4.78 is 5.42. The highest BCUT2D eigenvalue weighted by Gasteiger charge is 2.31. The second-order valence-corrected chi connectivity index (χ2v) is 5.98. The molecule has 3 rings (SSSR count). The Morgan fingerprint density at radius 2 is 2.24 bits per heavy atom. The highest BCUT2D eigenvalue weighted by Crippen LogP contribution is 2.33. The van der Waals surface area contributed by atoms with Gasteiger partial charge in [-0.15, -0.1) is 0 Å². The summed E-state index contributed by atoms with van der Waals surface area (Å²) in [6.07, 6.45) is 4.23. The number of hydrogen-bond donors (Lipinski definition) is 1. The van der Waals surface area contributed by atoms with Crippen LogP contribution < -0.4 is 5.32 Å².